The number of ether oxygens (including phenoxy) is 1. The van der Waals surface area contributed by atoms with Gasteiger partial charge in [-0.3, -0.25) is 9.59 Å². The topological polar surface area (TPSA) is 97.5 Å². The van der Waals surface area contributed by atoms with Crippen LogP contribution in [0.25, 0.3) is 11.0 Å². The number of amides is 1. The minimum atomic E-state index is -0.856. The van der Waals surface area contributed by atoms with Crippen LogP contribution in [0.3, 0.4) is 0 Å². The number of hydrogen-bond acceptors (Lipinski definition) is 5. The number of carbonyl (C=O) groups excluding carboxylic acids is 1. The molecule has 0 spiro atoms. The summed E-state index contributed by atoms with van der Waals surface area (Å²) in [5.74, 6) is -0.459. The van der Waals surface area contributed by atoms with Crippen molar-refractivity contribution in [3.63, 3.8) is 0 Å². The molecule has 0 saturated carbocycles. The normalized spacial score (nSPS) is 17.5. The molecule has 0 saturated heterocycles. The average molecular weight is 539 g/mol. The van der Waals surface area contributed by atoms with E-state index < -0.39 is 5.97 Å². The largest absolute Gasteiger partial charge is 0.496 e. The number of aromatic nitrogens is 3. The summed E-state index contributed by atoms with van der Waals surface area (Å²) in [5, 5.41) is 18.8. The molecule has 0 fully saturated rings. The Morgan fingerprint density at radius 2 is 1.85 bits per heavy atom. The van der Waals surface area contributed by atoms with Crippen molar-refractivity contribution in [3.05, 3.63) is 87.5 Å². The van der Waals surface area contributed by atoms with Gasteiger partial charge >= 0.3 is 5.97 Å². The fourth-order valence-electron chi connectivity index (χ4n) is 6.30. The Balaban J connectivity index is 1.45. The number of rotatable bonds is 3. The lowest BCUT2D eigenvalue weighted by Crippen LogP contribution is -2.36. The highest BCUT2D eigenvalue weighted by Crippen LogP contribution is 2.35. The van der Waals surface area contributed by atoms with Crippen LogP contribution in [-0.4, -0.2) is 50.5 Å². The van der Waals surface area contributed by atoms with E-state index in [2.05, 4.69) is 22.4 Å². The minimum Gasteiger partial charge on any atom is -0.496 e. The number of nitrogens with zero attached hydrogens (tertiary/aromatic N) is 4. The molecule has 9 bridgehead atoms. The Kier molecular flexibility index (Phi) is 7.00. The summed E-state index contributed by atoms with van der Waals surface area (Å²) in [6.07, 6.45) is 4.59. The van der Waals surface area contributed by atoms with Crippen LogP contribution in [-0.2, 0) is 30.7 Å². The number of hydrogen-bond donors (Lipinski definition) is 1. The van der Waals surface area contributed by atoms with E-state index in [9.17, 15) is 14.7 Å². The van der Waals surface area contributed by atoms with E-state index in [0.29, 0.717) is 18.7 Å². The van der Waals surface area contributed by atoms with E-state index in [0.717, 1.165) is 83.2 Å². The lowest BCUT2D eigenvalue weighted by molar-refractivity contribution is -0.137. The number of aliphatic carboxylic acids is 1. The van der Waals surface area contributed by atoms with Gasteiger partial charge < -0.3 is 14.7 Å². The fraction of sp³-hybridized carbons (Fsp3) is 0.375. The highest BCUT2D eigenvalue weighted by Gasteiger charge is 2.26. The van der Waals surface area contributed by atoms with Gasteiger partial charge in [0.25, 0.3) is 5.91 Å². The first-order valence-corrected chi connectivity index (χ1v) is 14.1. The Morgan fingerprint density at radius 1 is 1.00 bits per heavy atom. The molecular formula is C32H34N4O4. The molecule has 5 aliphatic heterocycles. The maximum atomic E-state index is 13.6. The van der Waals surface area contributed by atoms with Gasteiger partial charge in [-0.25, -0.2) is 4.68 Å². The SMILES string of the molecule is COc1cc2ccc1CCCCCn1nnc3c(C)c(ccc31)C(CC(=O)O)c1ccc3c(c1)CN(CC3)C2=O. The number of carboxylic acids is 1. The molecule has 1 aromatic heterocycles. The van der Waals surface area contributed by atoms with Crippen LogP contribution >= 0.6 is 0 Å². The Labute approximate surface area is 233 Å². The third kappa shape index (κ3) is 4.83. The van der Waals surface area contributed by atoms with Gasteiger partial charge in [-0.05, 0) is 84.2 Å². The van der Waals surface area contributed by atoms with Gasteiger partial charge in [0.05, 0.1) is 19.0 Å². The van der Waals surface area contributed by atoms with Gasteiger partial charge in [-0.2, -0.15) is 0 Å². The number of methoxy groups -OCH3 is 1. The predicted molar refractivity (Wildman–Crippen MR) is 152 cm³/mol. The van der Waals surface area contributed by atoms with E-state index in [1.165, 1.54) is 5.56 Å². The second-order valence-electron chi connectivity index (χ2n) is 11.0. The van der Waals surface area contributed by atoms with E-state index in [1.54, 1.807) is 7.11 Å². The zero-order valence-corrected chi connectivity index (χ0v) is 23.0. The molecule has 4 aromatic rings. The molecule has 1 amide bonds. The zero-order valence-electron chi connectivity index (χ0n) is 23.0. The summed E-state index contributed by atoms with van der Waals surface area (Å²) < 4.78 is 7.63. The first-order chi connectivity index (χ1) is 19.4. The lowest BCUT2D eigenvalue weighted by atomic mass is 9.83. The summed E-state index contributed by atoms with van der Waals surface area (Å²) in [6.45, 7) is 3.90. The van der Waals surface area contributed by atoms with E-state index >= 15 is 0 Å². The third-order valence-corrected chi connectivity index (χ3v) is 8.52. The molecule has 40 heavy (non-hydrogen) atoms. The quantitative estimate of drug-likeness (QED) is 0.381. The van der Waals surface area contributed by atoms with Crippen LogP contribution < -0.4 is 4.74 Å². The summed E-state index contributed by atoms with van der Waals surface area (Å²) in [5.41, 5.74) is 8.62. The number of carboxylic acid groups (broad SMARTS) is 1. The molecule has 8 heteroatoms. The van der Waals surface area contributed by atoms with Crippen molar-refractivity contribution in [1.82, 2.24) is 19.9 Å². The molecule has 9 rings (SSSR count). The molecule has 3 aromatic carbocycles. The Hall–Kier alpha value is -4.20. The molecule has 206 valence electrons. The van der Waals surface area contributed by atoms with Crippen LogP contribution in [0.1, 0.15) is 75.3 Å². The fourth-order valence-corrected chi connectivity index (χ4v) is 6.30. The Morgan fingerprint density at radius 3 is 2.67 bits per heavy atom. The molecule has 1 unspecified atom stereocenters. The summed E-state index contributed by atoms with van der Waals surface area (Å²) >= 11 is 0. The maximum absolute atomic E-state index is 13.6. The van der Waals surface area contributed by atoms with Gasteiger partial charge in [0.15, 0.2) is 0 Å². The van der Waals surface area contributed by atoms with Crippen molar-refractivity contribution < 1.29 is 19.4 Å². The molecule has 6 heterocycles. The average Bonchev–Trinajstić information content (AvgIpc) is 3.38. The van der Waals surface area contributed by atoms with Crippen molar-refractivity contribution in [1.29, 1.82) is 0 Å². The second kappa shape index (κ2) is 10.8. The predicted octanol–water partition coefficient (Wildman–Crippen LogP) is 5.28. The van der Waals surface area contributed by atoms with Crippen molar-refractivity contribution >= 4 is 22.9 Å². The molecule has 5 aliphatic rings. The van der Waals surface area contributed by atoms with Crippen LogP contribution in [0.4, 0.5) is 0 Å². The standard InChI is InChI=1S/C32H34N4O4/c1-20-26-11-12-28-31(20)33-34-36(28)14-5-3-4-6-22-8-10-24(17-29(22)40-2)32(39)35-15-13-21-7-9-23(16-25(21)19-35)27(26)18-30(37)38/h7-12,16-17,27H,3-6,13-15,18-19H2,1-2H3,(H,37,38). The van der Waals surface area contributed by atoms with Crippen LogP contribution in [0, 0.1) is 6.92 Å². The highest BCUT2D eigenvalue weighted by molar-refractivity contribution is 5.95. The number of carbonyl (C=O) groups is 2. The molecule has 1 atom stereocenters. The van der Waals surface area contributed by atoms with Gasteiger partial charge in [0, 0.05) is 31.1 Å². The van der Waals surface area contributed by atoms with Crippen molar-refractivity contribution in [2.75, 3.05) is 13.7 Å². The van der Waals surface area contributed by atoms with Gasteiger partial charge in [-0.15, -0.1) is 5.10 Å². The van der Waals surface area contributed by atoms with E-state index in [1.807, 2.05) is 52.9 Å². The van der Waals surface area contributed by atoms with Gasteiger partial charge in [0.2, 0.25) is 0 Å². The number of aryl methyl sites for hydroxylation is 3. The smallest absolute Gasteiger partial charge is 0.304 e. The van der Waals surface area contributed by atoms with Crippen molar-refractivity contribution in [3.8, 4) is 5.75 Å². The Bertz CT molecular complexity index is 1610. The van der Waals surface area contributed by atoms with Crippen LogP contribution in [0.15, 0.2) is 48.5 Å². The molecule has 8 nitrogen and oxygen atoms in total. The monoisotopic (exact) mass is 538 g/mol. The summed E-state index contributed by atoms with van der Waals surface area (Å²) in [7, 11) is 1.66. The number of benzene rings is 3. The highest BCUT2D eigenvalue weighted by atomic mass is 16.5. The van der Waals surface area contributed by atoms with Crippen molar-refractivity contribution in [2.45, 2.75) is 64.5 Å². The zero-order chi connectivity index (χ0) is 27.8. The molecule has 0 aliphatic carbocycles. The van der Waals surface area contributed by atoms with Gasteiger partial charge in [-0.1, -0.05) is 42.0 Å². The van der Waals surface area contributed by atoms with Crippen LogP contribution in [0.2, 0.25) is 0 Å². The first kappa shape index (κ1) is 26.0. The van der Waals surface area contributed by atoms with E-state index in [4.69, 9.17) is 4.74 Å². The second-order valence-corrected chi connectivity index (χ2v) is 11.0. The minimum absolute atomic E-state index is 0.0162. The molecule has 1 N–H and O–H groups in total. The first-order valence-electron chi connectivity index (χ1n) is 14.1. The molecular weight excluding hydrogens is 504 g/mol. The van der Waals surface area contributed by atoms with Crippen LogP contribution in [0.5, 0.6) is 5.75 Å². The van der Waals surface area contributed by atoms with Crippen molar-refractivity contribution in [2.24, 2.45) is 0 Å². The maximum Gasteiger partial charge on any atom is 0.304 e. The summed E-state index contributed by atoms with van der Waals surface area (Å²) in [6, 6.07) is 16.1. The van der Waals surface area contributed by atoms with E-state index in [-0.39, 0.29) is 18.2 Å². The van der Waals surface area contributed by atoms with Gasteiger partial charge in [0.1, 0.15) is 11.3 Å². The molecule has 0 radical (unpaired) electrons. The third-order valence-electron chi connectivity index (χ3n) is 8.52. The lowest BCUT2D eigenvalue weighted by Gasteiger charge is -2.30. The summed E-state index contributed by atoms with van der Waals surface area (Å²) in [4.78, 5) is 27.5.